The van der Waals surface area contributed by atoms with Crippen LogP contribution in [0.25, 0.3) is 6.08 Å². The number of benzene rings is 1. The molecule has 108 valence electrons. The molecule has 0 bridgehead atoms. The molecule has 0 spiro atoms. The van der Waals surface area contributed by atoms with Crippen LogP contribution >= 0.6 is 0 Å². The number of nitrogen functional groups attached to an aromatic ring is 1. The summed E-state index contributed by atoms with van der Waals surface area (Å²) in [6, 6.07) is 6.82. The summed E-state index contributed by atoms with van der Waals surface area (Å²) >= 11 is 0. The zero-order valence-electron chi connectivity index (χ0n) is 11.5. The summed E-state index contributed by atoms with van der Waals surface area (Å²) in [4.78, 5) is 22.4. The second kappa shape index (κ2) is 7.99. The highest BCUT2D eigenvalue weighted by atomic mass is 16.4. The fourth-order valence-corrected chi connectivity index (χ4v) is 1.87. The van der Waals surface area contributed by atoms with Crippen molar-refractivity contribution < 1.29 is 14.7 Å². The lowest BCUT2D eigenvalue weighted by molar-refractivity contribution is -0.137. The first-order chi connectivity index (χ1) is 9.51. The lowest BCUT2D eigenvalue weighted by atomic mass is 10.1. The van der Waals surface area contributed by atoms with Gasteiger partial charge in [0, 0.05) is 17.8 Å². The minimum atomic E-state index is -0.913. The number of nitrogens with two attached hydrogens (primary N) is 1. The van der Waals surface area contributed by atoms with Crippen molar-refractivity contribution >= 4 is 23.6 Å². The molecule has 1 atom stereocenters. The fraction of sp³-hybridized carbons (Fsp3) is 0.333. The number of rotatable bonds is 7. The van der Waals surface area contributed by atoms with E-state index in [1.807, 2.05) is 13.0 Å². The van der Waals surface area contributed by atoms with E-state index in [2.05, 4.69) is 5.32 Å². The quantitative estimate of drug-likeness (QED) is 0.525. The van der Waals surface area contributed by atoms with Crippen molar-refractivity contribution in [2.75, 3.05) is 5.73 Å². The van der Waals surface area contributed by atoms with Crippen LogP contribution in [0.5, 0.6) is 0 Å². The van der Waals surface area contributed by atoms with Gasteiger partial charge in [-0.2, -0.15) is 0 Å². The van der Waals surface area contributed by atoms with Gasteiger partial charge in [0.1, 0.15) is 0 Å². The van der Waals surface area contributed by atoms with E-state index in [9.17, 15) is 9.59 Å². The summed E-state index contributed by atoms with van der Waals surface area (Å²) in [6.45, 7) is 1.95. The lowest BCUT2D eigenvalue weighted by Crippen LogP contribution is -2.35. The number of carbonyl (C=O) groups is 2. The normalized spacial score (nSPS) is 12.2. The van der Waals surface area contributed by atoms with E-state index in [4.69, 9.17) is 10.8 Å². The number of nitrogens with one attached hydrogen (secondary N) is 1. The molecule has 0 fully saturated rings. The molecule has 5 heteroatoms. The first-order valence-corrected chi connectivity index (χ1v) is 6.57. The fourth-order valence-electron chi connectivity index (χ4n) is 1.87. The zero-order valence-corrected chi connectivity index (χ0v) is 11.5. The van der Waals surface area contributed by atoms with Crippen LogP contribution in [0.3, 0.4) is 0 Å². The van der Waals surface area contributed by atoms with Crippen LogP contribution < -0.4 is 11.1 Å². The average Bonchev–Trinajstić information content (AvgIpc) is 2.36. The maximum Gasteiger partial charge on any atom is 0.305 e. The van der Waals surface area contributed by atoms with E-state index < -0.39 is 5.97 Å². The third-order valence-corrected chi connectivity index (χ3v) is 2.74. The minimum absolute atomic E-state index is 0.0638. The Morgan fingerprint density at radius 1 is 1.45 bits per heavy atom. The van der Waals surface area contributed by atoms with Gasteiger partial charge in [-0.1, -0.05) is 25.5 Å². The zero-order chi connectivity index (χ0) is 15.0. The van der Waals surface area contributed by atoms with E-state index >= 15 is 0 Å². The number of carboxylic acid groups (broad SMARTS) is 1. The molecule has 0 aliphatic rings. The van der Waals surface area contributed by atoms with Crippen LogP contribution in [0.4, 0.5) is 5.69 Å². The Bertz CT molecular complexity index is 498. The van der Waals surface area contributed by atoms with Gasteiger partial charge in [0.15, 0.2) is 0 Å². The maximum absolute atomic E-state index is 11.7. The van der Waals surface area contributed by atoms with E-state index in [0.717, 1.165) is 12.0 Å². The van der Waals surface area contributed by atoms with Crippen LogP contribution in [0, 0.1) is 0 Å². The number of carboxylic acids is 1. The topological polar surface area (TPSA) is 92.4 Å². The Morgan fingerprint density at radius 2 is 2.20 bits per heavy atom. The second-order valence-corrected chi connectivity index (χ2v) is 4.60. The molecule has 0 aromatic heterocycles. The predicted octanol–water partition coefficient (Wildman–Crippen LogP) is 2.04. The first kappa shape index (κ1) is 15.8. The summed E-state index contributed by atoms with van der Waals surface area (Å²) in [6.07, 6.45) is 4.43. The van der Waals surface area contributed by atoms with Gasteiger partial charge in [-0.25, -0.2) is 0 Å². The Balaban J connectivity index is 2.58. The largest absolute Gasteiger partial charge is 0.481 e. The summed E-state index contributed by atoms with van der Waals surface area (Å²) in [5, 5.41) is 11.5. The van der Waals surface area contributed by atoms with Crippen molar-refractivity contribution in [3.05, 3.63) is 35.9 Å². The van der Waals surface area contributed by atoms with Crippen LogP contribution in [0.15, 0.2) is 30.3 Å². The van der Waals surface area contributed by atoms with E-state index in [0.29, 0.717) is 12.1 Å². The molecule has 0 heterocycles. The highest BCUT2D eigenvalue weighted by Crippen LogP contribution is 2.08. The third kappa shape index (κ3) is 6.04. The molecule has 1 rings (SSSR count). The van der Waals surface area contributed by atoms with Crippen LogP contribution in [-0.4, -0.2) is 23.0 Å². The second-order valence-electron chi connectivity index (χ2n) is 4.60. The van der Waals surface area contributed by atoms with Gasteiger partial charge in [-0.15, -0.1) is 0 Å². The molecule has 4 N–H and O–H groups in total. The molecule has 0 saturated carbocycles. The Labute approximate surface area is 118 Å². The standard InChI is InChI=1S/C15H20N2O3/c1-2-4-13(10-15(19)20)17-14(18)8-7-11-5-3-6-12(16)9-11/h3,5-9,13H,2,4,10,16H2,1H3,(H,17,18)(H,19,20)/b8-7+. The molecule has 1 amide bonds. The number of amides is 1. The molecule has 0 aliphatic heterocycles. The molecular weight excluding hydrogens is 256 g/mol. The van der Waals surface area contributed by atoms with Crippen LogP contribution in [0.1, 0.15) is 31.7 Å². The Morgan fingerprint density at radius 3 is 2.80 bits per heavy atom. The molecule has 1 aromatic carbocycles. The smallest absolute Gasteiger partial charge is 0.305 e. The molecule has 20 heavy (non-hydrogen) atoms. The highest BCUT2D eigenvalue weighted by molar-refractivity contribution is 5.92. The van der Waals surface area contributed by atoms with Crippen molar-refractivity contribution in [1.29, 1.82) is 0 Å². The molecule has 0 saturated heterocycles. The number of anilines is 1. The average molecular weight is 276 g/mol. The predicted molar refractivity (Wildman–Crippen MR) is 79.0 cm³/mol. The third-order valence-electron chi connectivity index (χ3n) is 2.74. The molecule has 5 nitrogen and oxygen atoms in total. The minimum Gasteiger partial charge on any atom is -0.481 e. The van der Waals surface area contributed by atoms with Gasteiger partial charge >= 0.3 is 5.97 Å². The molecule has 0 radical (unpaired) electrons. The highest BCUT2D eigenvalue weighted by Gasteiger charge is 2.13. The molecular formula is C15H20N2O3. The number of carbonyl (C=O) groups excluding carboxylic acids is 1. The van der Waals surface area contributed by atoms with Crippen molar-refractivity contribution in [2.45, 2.75) is 32.2 Å². The Hall–Kier alpha value is -2.30. The summed E-state index contributed by atoms with van der Waals surface area (Å²) in [5.41, 5.74) is 7.09. The number of hydrogen-bond acceptors (Lipinski definition) is 3. The monoisotopic (exact) mass is 276 g/mol. The van der Waals surface area contributed by atoms with Crippen molar-refractivity contribution in [1.82, 2.24) is 5.32 Å². The van der Waals surface area contributed by atoms with Crippen molar-refractivity contribution in [2.24, 2.45) is 0 Å². The van der Waals surface area contributed by atoms with Crippen LogP contribution in [-0.2, 0) is 9.59 Å². The van der Waals surface area contributed by atoms with E-state index in [-0.39, 0.29) is 18.4 Å². The van der Waals surface area contributed by atoms with Gasteiger partial charge < -0.3 is 16.2 Å². The summed E-state index contributed by atoms with van der Waals surface area (Å²) in [7, 11) is 0. The molecule has 1 unspecified atom stereocenters. The van der Waals surface area contributed by atoms with Gasteiger partial charge in [0.05, 0.1) is 6.42 Å². The van der Waals surface area contributed by atoms with Crippen molar-refractivity contribution in [3.8, 4) is 0 Å². The molecule has 1 aromatic rings. The van der Waals surface area contributed by atoms with Crippen LogP contribution in [0.2, 0.25) is 0 Å². The molecule has 0 aliphatic carbocycles. The van der Waals surface area contributed by atoms with Gasteiger partial charge in [-0.05, 0) is 30.2 Å². The van der Waals surface area contributed by atoms with E-state index in [1.54, 1.807) is 24.3 Å². The Kier molecular flexibility index (Phi) is 6.29. The maximum atomic E-state index is 11.7. The number of aliphatic carboxylic acids is 1. The van der Waals surface area contributed by atoms with Gasteiger partial charge in [0.25, 0.3) is 0 Å². The summed E-state index contributed by atoms with van der Waals surface area (Å²) in [5.74, 6) is -1.21. The first-order valence-electron chi connectivity index (χ1n) is 6.57. The van der Waals surface area contributed by atoms with Gasteiger partial charge in [-0.3, -0.25) is 9.59 Å². The number of hydrogen-bond donors (Lipinski definition) is 3. The lowest BCUT2D eigenvalue weighted by Gasteiger charge is -2.14. The van der Waals surface area contributed by atoms with Gasteiger partial charge in [0.2, 0.25) is 5.91 Å². The van der Waals surface area contributed by atoms with E-state index in [1.165, 1.54) is 6.08 Å². The SMILES string of the molecule is CCCC(CC(=O)O)NC(=O)/C=C/c1cccc(N)c1. The van der Waals surface area contributed by atoms with Crippen molar-refractivity contribution in [3.63, 3.8) is 0 Å². The summed E-state index contributed by atoms with van der Waals surface area (Å²) < 4.78 is 0.